The molecule has 0 bridgehead atoms. The third kappa shape index (κ3) is 2.93. The quantitative estimate of drug-likeness (QED) is 0.628. The highest BCUT2D eigenvalue weighted by molar-refractivity contribution is 5.98. The summed E-state index contributed by atoms with van der Waals surface area (Å²) in [7, 11) is 0. The molecule has 0 aliphatic carbocycles. The van der Waals surface area contributed by atoms with Crippen LogP contribution in [-0.2, 0) is 14.9 Å². The SMILES string of the molecule is CC(C)(C)c1ccc(C2=N[C@@H](C(=O)NO)CO2)cc1. The van der Waals surface area contributed by atoms with Gasteiger partial charge in [0.1, 0.15) is 6.61 Å². The molecule has 5 heteroatoms. The summed E-state index contributed by atoms with van der Waals surface area (Å²) in [4.78, 5) is 15.4. The van der Waals surface area contributed by atoms with Crippen molar-refractivity contribution in [1.82, 2.24) is 5.48 Å². The lowest BCUT2D eigenvalue weighted by atomic mass is 9.87. The molecule has 1 amide bonds. The number of aliphatic imine (C=N–C) groups is 1. The van der Waals surface area contributed by atoms with Crippen LogP contribution in [0.15, 0.2) is 29.3 Å². The highest BCUT2D eigenvalue weighted by Gasteiger charge is 2.26. The summed E-state index contributed by atoms with van der Waals surface area (Å²) >= 11 is 0. The first-order valence-electron chi connectivity index (χ1n) is 6.17. The Labute approximate surface area is 112 Å². The molecule has 1 aromatic carbocycles. The number of hydroxylamine groups is 1. The van der Waals surface area contributed by atoms with Gasteiger partial charge in [0, 0.05) is 5.56 Å². The van der Waals surface area contributed by atoms with E-state index >= 15 is 0 Å². The number of hydrogen-bond acceptors (Lipinski definition) is 4. The molecule has 0 spiro atoms. The summed E-state index contributed by atoms with van der Waals surface area (Å²) in [6, 6.07) is 7.24. The molecule has 102 valence electrons. The van der Waals surface area contributed by atoms with Crippen LogP contribution in [0.2, 0.25) is 0 Å². The van der Waals surface area contributed by atoms with Crippen molar-refractivity contribution >= 4 is 11.8 Å². The second kappa shape index (κ2) is 5.01. The van der Waals surface area contributed by atoms with E-state index in [1.54, 1.807) is 5.48 Å². The van der Waals surface area contributed by atoms with Crippen LogP contribution in [0.5, 0.6) is 0 Å². The number of ether oxygens (including phenoxy) is 1. The van der Waals surface area contributed by atoms with Crippen LogP contribution in [0.4, 0.5) is 0 Å². The van der Waals surface area contributed by atoms with Crippen LogP contribution in [0.3, 0.4) is 0 Å². The van der Waals surface area contributed by atoms with Gasteiger partial charge in [-0.25, -0.2) is 10.5 Å². The van der Waals surface area contributed by atoms with Gasteiger partial charge in [-0.1, -0.05) is 32.9 Å². The number of carbonyl (C=O) groups is 1. The maximum Gasteiger partial charge on any atom is 0.271 e. The van der Waals surface area contributed by atoms with Gasteiger partial charge in [-0.05, 0) is 23.1 Å². The molecule has 1 heterocycles. The Morgan fingerprint density at radius 3 is 2.53 bits per heavy atom. The van der Waals surface area contributed by atoms with Crippen molar-refractivity contribution in [2.24, 2.45) is 4.99 Å². The minimum absolute atomic E-state index is 0.0934. The van der Waals surface area contributed by atoms with Crippen LogP contribution in [0, 0.1) is 0 Å². The fraction of sp³-hybridized carbons (Fsp3) is 0.429. The molecule has 5 nitrogen and oxygen atoms in total. The third-order valence-corrected chi connectivity index (χ3v) is 3.06. The Hall–Kier alpha value is -1.88. The molecule has 1 aliphatic rings. The van der Waals surface area contributed by atoms with E-state index in [4.69, 9.17) is 9.94 Å². The number of benzene rings is 1. The normalized spacial score (nSPS) is 18.7. The molecule has 19 heavy (non-hydrogen) atoms. The van der Waals surface area contributed by atoms with Crippen molar-refractivity contribution in [2.75, 3.05) is 6.61 Å². The molecule has 2 N–H and O–H groups in total. The van der Waals surface area contributed by atoms with E-state index in [0.29, 0.717) is 5.90 Å². The number of nitrogens with one attached hydrogen (secondary N) is 1. The predicted molar refractivity (Wildman–Crippen MR) is 71.3 cm³/mol. The van der Waals surface area contributed by atoms with Crippen LogP contribution < -0.4 is 5.48 Å². The molecule has 2 rings (SSSR count). The predicted octanol–water partition coefficient (Wildman–Crippen LogP) is 1.63. The van der Waals surface area contributed by atoms with Crippen LogP contribution in [0.1, 0.15) is 31.9 Å². The summed E-state index contributed by atoms with van der Waals surface area (Å²) in [5, 5.41) is 8.55. The number of amides is 1. The molecule has 1 aliphatic heterocycles. The van der Waals surface area contributed by atoms with Crippen molar-refractivity contribution in [3.63, 3.8) is 0 Å². The zero-order chi connectivity index (χ0) is 14.0. The number of hydrogen-bond donors (Lipinski definition) is 2. The van der Waals surface area contributed by atoms with Crippen molar-refractivity contribution in [2.45, 2.75) is 32.2 Å². The van der Waals surface area contributed by atoms with Gasteiger partial charge in [0.2, 0.25) is 5.90 Å². The molecular weight excluding hydrogens is 244 g/mol. The topological polar surface area (TPSA) is 70.9 Å². The Morgan fingerprint density at radius 2 is 2.00 bits per heavy atom. The van der Waals surface area contributed by atoms with E-state index in [0.717, 1.165) is 5.56 Å². The zero-order valence-electron chi connectivity index (χ0n) is 11.3. The summed E-state index contributed by atoms with van der Waals surface area (Å²) in [5.74, 6) is -0.115. The molecular formula is C14H18N2O3. The van der Waals surface area contributed by atoms with E-state index in [1.165, 1.54) is 5.56 Å². The van der Waals surface area contributed by atoms with Gasteiger partial charge in [0.25, 0.3) is 5.91 Å². The maximum absolute atomic E-state index is 11.2. The first-order valence-corrected chi connectivity index (χ1v) is 6.17. The van der Waals surface area contributed by atoms with E-state index in [1.807, 2.05) is 24.3 Å². The van der Waals surface area contributed by atoms with Crippen molar-refractivity contribution < 1.29 is 14.7 Å². The molecule has 0 unspecified atom stereocenters. The van der Waals surface area contributed by atoms with E-state index in [2.05, 4.69) is 25.8 Å². The highest BCUT2D eigenvalue weighted by atomic mass is 16.5. The fourth-order valence-electron chi connectivity index (χ4n) is 1.85. The van der Waals surface area contributed by atoms with E-state index in [9.17, 15) is 4.79 Å². The summed E-state index contributed by atoms with van der Waals surface area (Å²) in [6.45, 7) is 6.59. The monoisotopic (exact) mass is 262 g/mol. The van der Waals surface area contributed by atoms with Gasteiger partial charge < -0.3 is 4.74 Å². The Morgan fingerprint density at radius 1 is 1.37 bits per heavy atom. The number of rotatable bonds is 2. The lowest BCUT2D eigenvalue weighted by Gasteiger charge is -2.19. The van der Waals surface area contributed by atoms with Gasteiger partial charge in [-0.3, -0.25) is 10.0 Å². The standard InChI is InChI=1S/C14H18N2O3/c1-14(2,3)10-6-4-9(5-7-10)13-15-11(8-19-13)12(17)16-18/h4-7,11,18H,8H2,1-3H3,(H,16,17)/t11-/m1/s1. The van der Waals surface area contributed by atoms with Crippen LogP contribution >= 0.6 is 0 Å². The molecule has 1 aromatic rings. The molecule has 0 fully saturated rings. The van der Waals surface area contributed by atoms with Crippen molar-refractivity contribution in [3.8, 4) is 0 Å². The molecule has 1 atom stereocenters. The van der Waals surface area contributed by atoms with E-state index in [-0.39, 0.29) is 12.0 Å². The smallest absolute Gasteiger partial charge is 0.271 e. The Bertz CT molecular complexity index is 500. The second-order valence-electron chi connectivity index (χ2n) is 5.56. The minimum atomic E-state index is -0.678. The zero-order valence-corrected chi connectivity index (χ0v) is 11.3. The van der Waals surface area contributed by atoms with Gasteiger partial charge in [-0.2, -0.15) is 0 Å². The lowest BCUT2D eigenvalue weighted by Crippen LogP contribution is -2.31. The van der Waals surface area contributed by atoms with Crippen molar-refractivity contribution in [1.29, 1.82) is 0 Å². The summed E-state index contributed by atoms with van der Waals surface area (Å²) in [5.41, 5.74) is 3.73. The third-order valence-electron chi connectivity index (χ3n) is 3.06. The van der Waals surface area contributed by atoms with Crippen molar-refractivity contribution in [3.05, 3.63) is 35.4 Å². The minimum Gasteiger partial charge on any atom is -0.475 e. The van der Waals surface area contributed by atoms with Gasteiger partial charge in [0.15, 0.2) is 6.04 Å². The second-order valence-corrected chi connectivity index (χ2v) is 5.56. The summed E-state index contributed by atoms with van der Waals surface area (Å²) < 4.78 is 5.38. The van der Waals surface area contributed by atoms with Gasteiger partial charge in [0.05, 0.1) is 0 Å². The first-order chi connectivity index (χ1) is 8.91. The molecule has 0 saturated carbocycles. The molecule has 0 saturated heterocycles. The van der Waals surface area contributed by atoms with Crippen LogP contribution in [0.25, 0.3) is 0 Å². The van der Waals surface area contributed by atoms with E-state index < -0.39 is 11.9 Å². The van der Waals surface area contributed by atoms with Crippen LogP contribution in [-0.4, -0.2) is 29.7 Å². The summed E-state index contributed by atoms with van der Waals surface area (Å²) in [6.07, 6.45) is 0. The Kier molecular flexibility index (Phi) is 3.57. The average molecular weight is 262 g/mol. The average Bonchev–Trinajstić information content (AvgIpc) is 2.86. The maximum atomic E-state index is 11.2. The molecule has 0 aromatic heterocycles. The fourth-order valence-corrected chi connectivity index (χ4v) is 1.85. The highest BCUT2D eigenvalue weighted by Crippen LogP contribution is 2.23. The number of nitrogens with zero attached hydrogens (tertiary/aromatic N) is 1. The molecule has 0 radical (unpaired) electrons. The van der Waals surface area contributed by atoms with Gasteiger partial charge in [-0.15, -0.1) is 0 Å². The lowest BCUT2D eigenvalue weighted by molar-refractivity contribution is -0.130. The van der Waals surface area contributed by atoms with Gasteiger partial charge >= 0.3 is 0 Å². The largest absolute Gasteiger partial charge is 0.475 e. The Balaban J connectivity index is 2.18. The first kappa shape index (κ1) is 13.5. The number of carbonyl (C=O) groups excluding carboxylic acids is 1.